The Hall–Kier alpha value is -2.63. The van der Waals surface area contributed by atoms with Gasteiger partial charge in [-0.05, 0) is 42.6 Å². The van der Waals surface area contributed by atoms with Gasteiger partial charge in [0, 0.05) is 9.77 Å². The van der Waals surface area contributed by atoms with Crippen LogP contribution < -0.4 is 4.90 Å². The van der Waals surface area contributed by atoms with E-state index in [1.807, 2.05) is 79.0 Å². The first-order chi connectivity index (χ1) is 12.6. The van der Waals surface area contributed by atoms with Gasteiger partial charge in [0.1, 0.15) is 0 Å². The van der Waals surface area contributed by atoms with Crippen LogP contribution in [0.5, 0.6) is 0 Å². The molecule has 0 saturated carbocycles. The molecule has 2 aromatic carbocycles. The first-order valence-corrected chi connectivity index (χ1v) is 9.81. The smallest absolute Gasteiger partial charge is 0.268 e. The van der Waals surface area contributed by atoms with Gasteiger partial charge in [0.2, 0.25) is 0 Å². The predicted octanol–water partition coefficient (Wildman–Crippen LogP) is 5.13. The van der Waals surface area contributed by atoms with Crippen LogP contribution in [0.3, 0.4) is 0 Å². The number of benzene rings is 2. The van der Waals surface area contributed by atoms with E-state index in [0.717, 1.165) is 15.3 Å². The lowest BCUT2D eigenvalue weighted by atomic mass is 10.2. The molecule has 0 N–H and O–H groups in total. The lowest BCUT2D eigenvalue weighted by Crippen LogP contribution is -2.31. The molecule has 128 valence electrons. The maximum Gasteiger partial charge on any atom is 0.272 e. The summed E-state index contributed by atoms with van der Waals surface area (Å²) in [6.07, 6.45) is 0. The Balaban J connectivity index is 1.79. The Morgan fingerprint density at radius 2 is 1.58 bits per heavy atom. The van der Waals surface area contributed by atoms with Crippen LogP contribution >= 0.6 is 23.1 Å². The molecule has 1 aliphatic heterocycles. The molecule has 26 heavy (non-hydrogen) atoms. The van der Waals surface area contributed by atoms with Crippen LogP contribution in [-0.2, 0) is 9.59 Å². The van der Waals surface area contributed by atoms with E-state index in [0.29, 0.717) is 16.2 Å². The Labute approximate surface area is 160 Å². The van der Waals surface area contributed by atoms with Crippen LogP contribution in [-0.4, -0.2) is 11.8 Å². The van der Waals surface area contributed by atoms with Crippen molar-refractivity contribution in [1.82, 2.24) is 0 Å². The molecule has 0 radical (unpaired) electrons. The van der Waals surface area contributed by atoms with Crippen molar-refractivity contribution in [1.29, 1.82) is 0 Å². The Morgan fingerprint density at radius 1 is 0.846 bits per heavy atom. The normalized spacial score (nSPS) is 14.4. The fourth-order valence-corrected chi connectivity index (χ4v) is 4.62. The third-order valence-corrected chi connectivity index (χ3v) is 6.04. The topological polar surface area (TPSA) is 37.4 Å². The largest absolute Gasteiger partial charge is 0.272 e. The minimum Gasteiger partial charge on any atom is -0.268 e. The van der Waals surface area contributed by atoms with E-state index >= 15 is 0 Å². The number of rotatable bonds is 4. The molecule has 3 nitrogen and oxygen atoms in total. The number of amides is 2. The molecule has 0 saturated heterocycles. The van der Waals surface area contributed by atoms with Crippen molar-refractivity contribution in [2.75, 3.05) is 4.90 Å². The highest BCUT2D eigenvalue weighted by molar-refractivity contribution is 8.04. The second kappa shape index (κ2) is 6.94. The molecule has 0 bridgehead atoms. The molecule has 1 aliphatic rings. The summed E-state index contributed by atoms with van der Waals surface area (Å²) in [5.41, 5.74) is 2.17. The van der Waals surface area contributed by atoms with E-state index in [9.17, 15) is 9.59 Å². The van der Waals surface area contributed by atoms with Gasteiger partial charge in [-0.3, -0.25) is 9.59 Å². The van der Waals surface area contributed by atoms with Gasteiger partial charge in [-0.1, -0.05) is 53.7 Å². The lowest BCUT2D eigenvalue weighted by molar-refractivity contribution is -0.119. The monoisotopic (exact) mass is 377 g/mol. The van der Waals surface area contributed by atoms with Crippen molar-refractivity contribution in [3.63, 3.8) is 0 Å². The van der Waals surface area contributed by atoms with Crippen molar-refractivity contribution < 1.29 is 9.59 Å². The molecular formula is C21H15NO2S2. The number of carbonyl (C=O) groups is 2. The summed E-state index contributed by atoms with van der Waals surface area (Å²) in [6.45, 7) is 1.98. The van der Waals surface area contributed by atoms with E-state index in [-0.39, 0.29) is 11.8 Å². The van der Waals surface area contributed by atoms with Crippen LogP contribution in [0, 0.1) is 6.92 Å². The second-order valence-corrected chi connectivity index (χ2v) is 7.91. The minimum atomic E-state index is -0.267. The highest BCUT2D eigenvalue weighted by Gasteiger charge is 2.40. The summed E-state index contributed by atoms with van der Waals surface area (Å²) >= 11 is 2.81. The van der Waals surface area contributed by atoms with Gasteiger partial charge >= 0.3 is 0 Å². The van der Waals surface area contributed by atoms with Crippen molar-refractivity contribution >= 4 is 46.2 Å². The van der Waals surface area contributed by atoms with Crippen LogP contribution in [0.2, 0.25) is 0 Å². The zero-order valence-electron chi connectivity index (χ0n) is 14.0. The van der Waals surface area contributed by atoms with Crippen LogP contribution in [0.15, 0.2) is 81.9 Å². The molecule has 4 rings (SSSR count). The second-order valence-electron chi connectivity index (χ2n) is 5.88. The van der Waals surface area contributed by atoms with E-state index < -0.39 is 0 Å². The van der Waals surface area contributed by atoms with Crippen molar-refractivity contribution in [3.05, 3.63) is 87.5 Å². The van der Waals surface area contributed by atoms with Crippen LogP contribution in [0.25, 0.3) is 5.57 Å². The van der Waals surface area contributed by atoms with E-state index in [2.05, 4.69) is 0 Å². The first-order valence-electron chi connectivity index (χ1n) is 8.11. The summed E-state index contributed by atoms with van der Waals surface area (Å²) in [5.74, 6) is -0.532. The SMILES string of the molecule is Cc1ccc(N2C(=O)C(Sc3ccccc3)=C(c3cccs3)C2=O)cc1. The average molecular weight is 377 g/mol. The molecule has 2 heterocycles. The molecule has 0 unspecified atom stereocenters. The van der Waals surface area contributed by atoms with Gasteiger partial charge in [-0.2, -0.15) is 0 Å². The van der Waals surface area contributed by atoms with Gasteiger partial charge in [-0.25, -0.2) is 4.90 Å². The van der Waals surface area contributed by atoms with E-state index in [1.165, 1.54) is 28.0 Å². The van der Waals surface area contributed by atoms with Gasteiger partial charge < -0.3 is 0 Å². The Bertz CT molecular complexity index is 990. The fourth-order valence-electron chi connectivity index (χ4n) is 2.78. The zero-order valence-corrected chi connectivity index (χ0v) is 15.6. The highest BCUT2D eigenvalue weighted by atomic mass is 32.2. The number of aryl methyl sites for hydroxylation is 1. The molecule has 0 atom stereocenters. The highest BCUT2D eigenvalue weighted by Crippen LogP contribution is 2.42. The molecule has 0 spiro atoms. The number of hydrogen-bond acceptors (Lipinski definition) is 4. The van der Waals surface area contributed by atoms with Gasteiger partial charge in [0.15, 0.2) is 0 Å². The predicted molar refractivity (Wildman–Crippen MR) is 107 cm³/mol. The molecule has 3 aromatic rings. The number of nitrogens with zero attached hydrogens (tertiary/aromatic N) is 1. The summed E-state index contributed by atoms with van der Waals surface area (Å²) in [4.78, 5) is 29.8. The molecule has 2 amide bonds. The molecule has 5 heteroatoms. The average Bonchev–Trinajstić information content (AvgIpc) is 3.25. The quantitative estimate of drug-likeness (QED) is 0.591. The fraction of sp³-hybridized carbons (Fsp3) is 0.0476. The van der Waals surface area contributed by atoms with Gasteiger partial charge in [-0.15, -0.1) is 11.3 Å². The third-order valence-electron chi connectivity index (χ3n) is 4.06. The summed E-state index contributed by atoms with van der Waals surface area (Å²) in [6, 6.07) is 20.9. The van der Waals surface area contributed by atoms with Crippen molar-refractivity contribution in [2.24, 2.45) is 0 Å². The Kier molecular flexibility index (Phi) is 4.49. The minimum absolute atomic E-state index is 0.264. The van der Waals surface area contributed by atoms with Crippen LogP contribution in [0.4, 0.5) is 5.69 Å². The first kappa shape index (κ1) is 16.8. The number of anilines is 1. The summed E-state index contributed by atoms with van der Waals surface area (Å²) in [7, 11) is 0. The maximum absolute atomic E-state index is 13.1. The van der Waals surface area contributed by atoms with E-state index in [4.69, 9.17) is 0 Å². The number of imide groups is 1. The lowest BCUT2D eigenvalue weighted by Gasteiger charge is -2.15. The van der Waals surface area contributed by atoms with Gasteiger partial charge in [0.05, 0.1) is 16.2 Å². The van der Waals surface area contributed by atoms with E-state index in [1.54, 1.807) is 0 Å². The number of thiophene rings is 1. The number of hydrogen-bond donors (Lipinski definition) is 0. The molecule has 0 fully saturated rings. The maximum atomic E-state index is 13.1. The standard InChI is InChI=1S/C21H15NO2S2/c1-14-9-11-15(12-10-14)22-20(23)18(17-8-5-13-25-17)19(21(22)24)26-16-6-3-2-4-7-16/h2-13H,1H3. The molecular weight excluding hydrogens is 362 g/mol. The van der Waals surface area contributed by atoms with Gasteiger partial charge in [0.25, 0.3) is 11.8 Å². The molecule has 1 aromatic heterocycles. The van der Waals surface area contributed by atoms with Crippen LogP contribution in [0.1, 0.15) is 10.4 Å². The Morgan fingerprint density at radius 3 is 2.23 bits per heavy atom. The third kappa shape index (κ3) is 3.00. The number of carbonyl (C=O) groups excluding carboxylic acids is 2. The summed E-state index contributed by atoms with van der Waals surface area (Å²) in [5, 5.41) is 1.92. The summed E-state index contributed by atoms with van der Waals surface area (Å²) < 4.78 is 0. The zero-order chi connectivity index (χ0) is 18.1. The molecule has 0 aliphatic carbocycles. The van der Waals surface area contributed by atoms with Crippen molar-refractivity contribution in [2.45, 2.75) is 11.8 Å². The van der Waals surface area contributed by atoms with Crippen molar-refractivity contribution in [3.8, 4) is 0 Å². The number of thioether (sulfide) groups is 1.